The Morgan fingerprint density at radius 1 is 0.700 bits per heavy atom. The number of allylic oxidation sites excluding steroid dienone is 8. The van der Waals surface area contributed by atoms with E-state index >= 15 is 0 Å². The summed E-state index contributed by atoms with van der Waals surface area (Å²) in [5.74, 6) is 0. The fourth-order valence-electron chi connectivity index (χ4n) is 0.791. The Morgan fingerprint density at radius 2 is 1.10 bits per heavy atom. The van der Waals surface area contributed by atoms with Gasteiger partial charge in [-0.15, -0.1) is 0 Å². The Bertz CT molecular complexity index is 200. The molecule has 0 atom stereocenters. The quantitative estimate of drug-likeness (QED) is 0.475. The second-order valence-corrected chi connectivity index (χ2v) is 2.47. The summed E-state index contributed by atoms with van der Waals surface area (Å²) in [4.78, 5) is 0. The highest BCUT2D eigenvalue weighted by Crippen LogP contribution is 2.08. The first-order chi connectivity index (χ1) is 4.80. The highest BCUT2D eigenvalue weighted by Gasteiger charge is 1.87. The normalized spacial score (nSPS) is 17.4. The van der Waals surface area contributed by atoms with Gasteiger partial charge in [0.25, 0.3) is 0 Å². The van der Waals surface area contributed by atoms with E-state index in [4.69, 9.17) is 0 Å². The first-order valence-electron chi connectivity index (χ1n) is 3.49. The lowest BCUT2D eigenvalue weighted by Gasteiger charge is -1.97. The van der Waals surface area contributed by atoms with Crippen LogP contribution in [0.15, 0.2) is 47.6 Å². The first kappa shape index (κ1) is 7.07. The molecular formula is C10H12. The maximum absolute atomic E-state index is 2.12. The minimum atomic E-state index is 1.33. The van der Waals surface area contributed by atoms with E-state index in [2.05, 4.69) is 38.2 Å². The molecule has 0 heteroatoms. The molecule has 1 aliphatic carbocycles. The summed E-state index contributed by atoms with van der Waals surface area (Å²) in [5.41, 5.74) is 2.67. The van der Waals surface area contributed by atoms with Crippen molar-refractivity contribution in [2.45, 2.75) is 13.8 Å². The van der Waals surface area contributed by atoms with Crippen LogP contribution in [-0.2, 0) is 0 Å². The van der Waals surface area contributed by atoms with Crippen LogP contribution in [0.4, 0.5) is 0 Å². The predicted molar refractivity (Wildman–Crippen MR) is 45.8 cm³/mol. The Labute approximate surface area is 62.3 Å². The molecule has 0 aromatic carbocycles. The van der Waals surface area contributed by atoms with Crippen molar-refractivity contribution in [2.75, 3.05) is 0 Å². The van der Waals surface area contributed by atoms with Gasteiger partial charge < -0.3 is 0 Å². The summed E-state index contributed by atoms with van der Waals surface area (Å²) in [7, 11) is 0. The molecule has 0 fully saturated rings. The molecule has 0 radical (unpaired) electrons. The summed E-state index contributed by atoms with van der Waals surface area (Å²) in [6.45, 7) is 4.24. The molecule has 0 bridgehead atoms. The van der Waals surface area contributed by atoms with Crippen molar-refractivity contribution < 1.29 is 0 Å². The second kappa shape index (κ2) is 3.21. The van der Waals surface area contributed by atoms with Gasteiger partial charge in [0.15, 0.2) is 0 Å². The zero-order valence-corrected chi connectivity index (χ0v) is 6.46. The lowest BCUT2D eigenvalue weighted by Crippen LogP contribution is -1.76. The molecule has 0 saturated carbocycles. The van der Waals surface area contributed by atoms with Crippen LogP contribution in [0.2, 0.25) is 0 Å². The Balaban J connectivity index is 2.93. The Morgan fingerprint density at radius 3 is 1.50 bits per heavy atom. The number of hydrogen-bond acceptors (Lipinski definition) is 0. The molecule has 0 heterocycles. The smallest absolute Gasteiger partial charge is 0.0395 e. The predicted octanol–water partition coefficient (Wildman–Crippen LogP) is 3.01. The zero-order chi connectivity index (χ0) is 7.40. The van der Waals surface area contributed by atoms with Crippen LogP contribution in [0.3, 0.4) is 0 Å². The van der Waals surface area contributed by atoms with Crippen molar-refractivity contribution in [3.63, 3.8) is 0 Å². The molecule has 0 saturated heterocycles. The highest BCUT2D eigenvalue weighted by atomic mass is 13.9. The SMILES string of the molecule is CC1=C(C)C=CC=CC=C1. The van der Waals surface area contributed by atoms with Crippen LogP contribution in [0.25, 0.3) is 0 Å². The maximum Gasteiger partial charge on any atom is -0.0395 e. The molecule has 1 rings (SSSR count). The molecule has 0 unspecified atom stereocenters. The van der Waals surface area contributed by atoms with E-state index in [1.165, 1.54) is 11.1 Å². The minimum absolute atomic E-state index is 1.33. The monoisotopic (exact) mass is 132 g/mol. The molecule has 0 aromatic rings. The summed E-state index contributed by atoms with van der Waals surface area (Å²) in [6.07, 6.45) is 12.4. The second-order valence-electron chi connectivity index (χ2n) is 2.47. The van der Waals surface area contributed by atoms with Gasteiger partial charge in [0.1, 0.15) is 0 Å². The molecule has 52 valence electrons. The topological polar surface area (TPSA) is 0 Å². The van der Waals surface area contributed by atoms with Crippen LogP contribution in [0.1, 0.15) is 13.8 Å². The summed E-state index contributed by atoms with van der Waals surface area (Å²) in [5, 5.41) is 0. The standard InChI is InChI=1S/C10H12/c1-9-7-5-3-4-6-8-10(9)2/h3-8H,1-2H3. The highest BCUT2D eigenvalue weighted by molar-refractivity contribution is 5.35. The van der Waals surface area contributed by atoms with E-state index in [-0.39, 0.29) is 0 Å². The summed E-state index contributed by atoms with van der Waals surface area (Å²) < 4.78 is 0. The summed E-state index contributed by atoms with van der Waals surface area (Å²) >= 11 is 0. The van der Waals surface area contributed by atoms with Crippen molar-refractivity contribution in [1.82, 2.24) is 0 Å². The third-order valence-electron chi connectivity index (χ3n) is 1.65. The van der Waals surface area contributed by atoms with Gasteiger partial charge >= 0.3 is 0 Å². The Hall–Kier alpha value is -1.04. The van der Waals surface area contributed by atoms with E-state index in [0.29, 0.717) is 0 Å². The van der Waals surface area contributed by atoms with Gasteiger partial charge in [-0.25, -0.2) is 0 Å². The third-order valence-corrected chi connectivity index (χ3v) is 1.65. The van der Waals surface area contributed by atoms with E-state index in [9.17, 15) is 0 Å². The fraction of sp³-hybridized carbons (Fsp3) is 0.200. The largest absolute Gasteiger partial charge is 0.0623 e. The van der Waals surface area contributed by atoms with Crippen LogP contribution >= 0.6 is 0 Å². The van der Waals surface area contributed by atoms with Crippen molar-refractivity contribution in [1.29, 1.82) is 0 Å². The lowest BCUT2D eigenvalue weighted by molar-refractivity contribution is 1.37. The zero-order valence-electron chi connectivity index (χ0n) is 6.46. The molecule has 10 heavy (non-hydrogen) atoms. The average molecular weight is 132 g/mol. The first-order valence-corrected chi connectivity index (χ1v) is 3.49. The van der Waals surface area contributed by atoms with Crippen molar-refractivity contribution in [3.05, 3.63) is 47.6 Å². The van der Waals surface area contributed by atoms with Gasteiger partial charge in [-0.2, -0.15) is 0 Å². The van der Waals surface area contributed by atoms with E-state index in [1.54, 1.807) is 0 Å². The van der Waals surface area contributed by atoms with Crippen LogP contribution < -0.4 is 0 Å². The average Bonchev–Trinajstić information content (AvgIpc) is 1.92. The van der Waals surface area contributed by atoms with Gasteiger partial charge in [-0.3, -0.25) is 0 Å². The van der Waals surface area contributed by atoms with Crippen LogP contribution in [0, 0.1) is 0 Å². The number of rotatable bonds is 0. The van der Waals surface area contributed by atoms with Gasteiger partial charge in [0.2, 0.25) is 0 Å². The van der Waals surface area contributed by atoms with Gasteiger partial charge in [-0.05, 0) is 25.0 Å². The third kappa shape index (κ3) is 1.73. The Kier molecular flexibility index (Phi) is 2.27. The van der Waals surface area contributed by atoms with Gasteiger partial charge in [0.05, 0.1) is 0 Å². The van der Waals surface area contributed by atoms with Gasteiger partial charge in [0, 0.05) is 0 Å². The molecule has 0 N–H and O–H groups in total. The molecular weight excluding hydrogens is 120 g/mol. The van der Waals surface area contributed by atoms with E-state index in [1.807, 2.05) is 12.2 Å². The molecule has 0 amide bonds. The molecule has 0 aliphatic heterocycles. The van der Waals surface area contributed by atoms with Crippen molar-refractivity contribution in [2.24, 2.45) is 0 Å². The van der Waals surface area contributed by atoms with Crippen molar-refractivity contribution >= 4 is 0 Å². The maximum atomic E-state index is 2.12. The van der Waals surface area contributed by atoms with E-state index in [0.717, 1.165) is 0 Å². The minimum Gasteiger partial charge on any atom is -0.0623 e. The molecule has 1 aliphatic rings. The number of hydrogen-bond donors (Lipinski definition) is 0. The van der Waals surface area contributed by atoms with E-state index < -0.39 is 0 Å². The van der Waals surface area contributed by atoms with Gasteiger partial charge in [-0.1, -0.05) is 36.5 Å². The van der Waals surface area contributed by atoms with Crippen LogP contribution in [0.5, 0.6) is 0 Å². The van der Waals surface area contributed by atoms with Crippen LogP contribution in [-0.4, -0.2) is 0 Å². The molecule has 0 nitrogen and oxygen atoms in total. The van der Waals surface area contributed by atoms with Crippen molar-refractivity contribution in [3.8, 4) is 0 Å². The fourth-order valence-corrected chi connectivity index (χ4v) is 0.791. The summed E-state index contributed by atoms with van der Waals surface area (Å²) in [6, 6.07) is 0. The molecule has 0 aromatic heterocycles. The molecule has 0 spiro atoms. The lowest BCUT2D eigenvalue weighted by atomic mass is 10.1.